The number of anilines is 1. The summed E-state index contributed by atoms with van der Waals surface area (Å²) in [6, 6.07) is 17.0. The summed E-state index contributed by atoms with van der Waals surface area (Å²) in [5.74, 6) is 0.112. The van der Waals surface area contributed by atoms with Gasteiger partial charge in [0.05, 0.1) is 19.1 Å². The molecule has 2 heterocycles. The van der Waals surface area contributed by atoms with E-state index in [0.29, 0.717) is 6.61 Å². The number of esters is 1. The molecule has 0 spiro atoms. The fourth-order valence-electron chi connectivity index (χ4n) is 3.86. The van der Waals surface area contributed by atoms with Crippen LogP contribution in [0.4, 0.5) is 5.69 Å². The Bertz CT molecular complexity index is 930. The highest BCUT2D eigenvalue weighted by Gasteiger charge is 2.31. The summed E-state index contributed by atoms with van der Waals surface area (Å²) >= 11 is 0. The normalized spacial score (nSPS) is 17.9. The van der Waals surface area contributed by atoms with Gasteiger partial charge in [0.1, 0.15) is 0 Å². The van der Waals surface area contributed by atoms with Crippen LogP contribution >= 0.6 is 0 Å². The highest BCUT2D eigenvalue weighted by Crippen LogP contribution is 2.31. The molecule has 2 atom stereocenters. The number of quaternary nitrogens is 1. The molecule has 1 aliphatic heterocycles. The molecule has 1 aromatic heterocycles. The number of carbonyl (C=O) groups is 1. The summed E-state index contributed by atoms with van der Waals surface area (Å²) in [6.45, 7) is 1.35. The molecule has 4 rings (SSSR count). The molecule has 1 fully saturated rings. The third-order valence-electron chi connectivity index (χ3n) is 5.44. The van der Waals surface area contributed by atoms with Crippen molar-refractivity contribution in [3.63, 3.8) is 0 Å². The molecule has 0 unspecified atom stereocenters. The van der Waals surface area contributed by atoms with E-state index in [2.05, 4.69) is 63.9 Å². The van der Waals surface area contributed by atoms with E-state index >= 15 is 0 Å². The summed E-state index contributed by atoms with van der Waals surface area (Å²) in [7, 11) is 4.09. The minimum atomic E-state index is -0.0874. The van der Waals surface area contributed by atoms with Gasteiger partial charge in [-0.15, -0.1) is 0 Å². The Morgan fingerprint density at radius 2 is 1.96 bits per heavy atom. The first-order chi connectivity index (χ1) is 13.1. The van der Waals surface area contributed by atoms with E-state index in [-0.39, 0.29) is 17.9 Å². The second-order valence-electron chi connectivity index (χ2n) is 7.36. The predicted molar refractivity (Wildman–Crippen MR) is 107 cm³/mol. The van der Waals surface area contributed by atoms with Crippen LogP contribution in [0.2, 0.25) is 0 Å². The van der Waals surface area contributed by atoms with Gasteiger partial charge in [-0.05, 0) is 29.3 Å². The maximum absolute atomic E-state index is 11.9. The number of ether oxygens (including phenoxy) is 1. The van der Waals surface area contributed by atoms with E-state index in [4.69, 9.17) is 4.74 Å². The molecule has 1 saturated heterocycles. The molecule has 0 aliphatic carbocycles. The number of nitrogens with one attached hydrogen (secondary N) is 1. The van der Waals surface area contributed by atoms with Crippen LogP contribution in [0.3, 0.4) is 0 Å². The van der Waals surface area contributed by atoms with Gasteiger partial charge in [-0.1, -0.05) is 30.3 Å². The largest absolute Gasteiger partial charge is 0.461 e. The SMILES string of the molecule is CN(C)c1ccc([C@@H](C[NH2+][C@H]2CCOC2=O)c2c[nH]c3ccccc23)cc1. The van der Waals surface area contributed by atoms with Crippen LogP contribution in [-0.4, -0.2) is 44.2 Å². The summed E-state index contributed by atoms with van der Waals surface area (Å²) in [5, 5.41) is 3.38. The average molecular weight is 364 g/mol. The van der Waals surface area contributed by atoms with Crippen LogP contribution < -0.4 is 10.2 Å². The van der Waals surface area contributed by atoms with Gasteiger partial charge < -0.3 is 19.9 Å². The summed E-state index contributed by atoms with van der Waals surface area (Å²) < 4.78 is 5.12. The monoisotopic (exact) mass is 364 g/mol. The van der Waals surface area contributed by atoms with Gasteiger partial charge in [0.2, 0.25) is 0 Å². The zero-order chi connectivity index (χ0) is 18.8. The van der Waals surface area contributed by atoms with Crippen molar-refractivity contribution < 1.29 is 14.8 Å². The molecule has 1 aliphatic rings. The minimum Gasteiger partial charge on any atom is -0.461 e. The van der Waals surface area contributed by atoms with Crippen LogP contribution in [-0.2, 0) is 9.53 Å². The fraction of sp³-hybridized carbons (Fsp3) is 0.318. The Hall–Kier alpha value is -2.79. The second kappa shape index (κ2) is 7.45. The summed E-state index contributed by atoms with van der Waals surface area (Å²) in [6.07, 6.45) is 2.90. The highest BCUT2D eigenvalue weighted by atomic mass is 16.5. The molecule has 5 nitrogen and oxygen atoms in total. The van der Waals surface area contributed by atoms with Crippen LogP contribution in [0.15, 0.2) is 54.7 Å². The molecule has 27 heavy (non-hydrogen) atoms. The quantitative estimate of drug-likeness (QED) is 0.660. The maximum atomic E-state index is 11.9. The number of carbonyl (C=O) groups excluding carboxylic acids is 1. The molecule has 0 saturated carbocycles. The van der Waals surface area contributed by atoms with Gasteiger partial charge in [-0.25, -0.2) is 4.79 Å². The van der Waals surface area contributed by atoms with Crippen LogP contribution in [0.5, 0.6) is 0 Å². The van der Waals surface area contributed by atoms with E-state index in [9.17, 15) is 4.79 Å². The highest BCUT2D eigenvalue weighted by molar-refractivity contribution is 5.84. The van der Waals surface area contributed by atoms with Crippen molar-refractivity contribution in [2.45, 2.75) is 18.4 Å². The lowest BCUT2D eigenvalue weighted by molar-refractivity contribution is -0.677. The number of aromatic amines is 1. The smallest absolute Gasteiger partial charge is 0.364 e. The fourth-order valence-corrected chi connectivity index (χ4v) is 3.86. The van der Waals surface area contributed by atoms with E-state index in [1.54, 1.807) is 0 Å². The molecule has 3 N–H and O–H groups in total. The number of nitrogens with two attached hydrogens (primary N) is 1. The number of H-pyrrole nitrogens is 1. The number of aromatic nitrogens is 1. The number of cyclic esters (lactones) is 1. The van der Waals surface area contributed by atoms with Gasteiger partial charge in [0.25, 0.3) is 0 Å². The number of para-hydroxylation sites is 1. The number of fused-ring (bicyclic) bond motifs is 1. The molecule has 2 aromatic carbocycles. The summed E-state index contributed by atoms with van der Waals surface area (Å²) in [5.41, 5.74) is 4.85. The summed E-state index contributed by atoms with van der Waals surface area (Å²) in [4.78, 5) is 17.4. The van der Waals surface area contributed by atoms with Crippen LogP contribution in [0.1, 0.15) is 23.5 Å². The third-order valence-corrected chi connectivity index (χ3v) is 5.44. The van der Waals surface area contributed by atoms with Crippen molar-refractivity contribution in [3.05, 3.63) is 65.9 Å². The average Bonchev–Trinajstić information content (AvgIpc) is 3.29. The first-order valence-corrected chi connectivity index (χ1v) is 9.47. The van der Waals surface area contributed by atoms with E-state index in [1.807, 2.05) is 20.2 Å². The molecular formula is C22H26N3O2+. The molecule has 5 heteroatoms. The van der Waals surface area contributed by atoms with E-state index in [1.165, 1.54) is 22.2 Å². The number of nitrogens with zero attached hydrogens (tertiary/aromatic N) is 1. The van der Waals surface area contributed by atoms with E-state index < -0.39 is 0 Å². The lowest BCUT2D eigenvalue weighted by atomic mass is 9.90. The topological polar surface area (TPSA) is 61.9 Å². The van der Waals surface area contributed by atoms with Crippen molar-refractivity contribution in [2.75, 3.05) is 32.1 Å². The van der Waals surface area contributed by atoms with Crippen molar-refractivity contribution in [1.29, 1.82) is 0 Å². The number of benzene rings is 2. The van der Waals surface area contributed by atoms with Gasteiger partial charge >= 0.3 is 5.97 Å². The maximum Gasteiger partial charge on any atom is 0.364 e. The molecule has 3 aromatic rings. The second-order valence-corrected chi connectivity index (χ2v) is 7.36. The van der Waals surface area contributed by atoms with Gasteiger partial charge in [-0.2, -0.15) is 0 Å². The van der Waals surface area contributed by atoms with Crippen molar-refractivity contribution in [2.24, 2.45) is 0 Å². The minimum absolute atomic E-state index is 0.0845. The van der Waals surface area contributed by atoms with Crippen LogP contribution in [0, 0.1) is 0 Å². The molecule has 0 amide bonds. The third kappa shape index (κ3) is 3.55. The lowest BCUT2D eigenvalue weighted by Gasteiger charge is -2.19. The molecule has 140 valence electrons. The molecule has 0 bridgehead atoms. The number of rotatable bonds is 6. The number of hydrogen-bond donors (Lipinski definition) is 2. The Morgan fingerprint density at radius 1 is 1.19 bits per heavy atom. The Morgan fingerprint density at radius 3 is 2.67 bits per heavy atom. The Labute approximate surface area is 159 Å². The Balaban J connectivity index is 1.67. The first kappa shape index (κ1) is 17.6. The number of hydrogen-bond acceptors (Lipinski definition) is 3. The van der Waals surface area contributed by atoms with Crippen molar-refractivity contribution in [3.8, 4) is 0 Å². The molecule has 0 radical (unpaired) electrons. The molecular weight excluding hydrogens is 338 g/mol. The zero-order valence-corrected chi connectivity index (χ0v) is 15.8. The Kier molecular flexibility index (Phi) is 4.86. The standard InChI is InChI=1S/C22H25N3O2/c1-25(2)16-9-7-15(8-10-16)18(13-24-21-11-12-27-22(21)26)19-14-23-20-6-4-3-5-17(19)20/h3-10,14,18,21,23-24H,11-13H2,1-2H3/p+1/t18-,21+/m1/s1. The predicted octanol–water partition coefficient (Wildman–Crippen LogP) is 2.24. The van der Waals surface area contributed by atoms with Gasteiger partial charge in [0.15, 0.2) is 6.04 Å². The zero-order valence-electron chi connectivity index (χ0n) is 15.8. The first-order valence-electron chi connectivity index (χ1n) is 9.47. The lowest BCUT2D eigenvalue weighted by Crippen LogP contribution is -2.92. The van der Waals surface area contributed by atoms with Gasteiger partial charge in [-0.3, -0.25) is 0 Å². The van der Waals surface area contributed by atoms with Crippen molar-refractivity contribution in [1.82, 2.24) is 4.98 Å². The van der Waals surface area contributed by atoms with Gasteiger partial charge in [0, 0.05) is 43.3 Å². The van der Waals surface area contributed by atoms with Crippen molar-refractivity contribution >= 4 is 22.6 Å². The van der Waals surface area contributed by atoms with E-state index in [0.717, 1.165) is 18.5 Å². The van der Waals surface area contributed by atoms with Crippen LogP contribution in [0.25, 0.3) is 10.9 Å².